The van der Waals surface area contributed by atoms with E-state index >= 15 is 0 Å². The van der Waals surface area contributed by atoms with E-state index in [9.17, 15) is 4.79 Å². The van der Waals surface area contributed by atoms with Crippen LogP contribution in [0.2, 0.25) is 0 Å². The lowest BCUT2D eigenvalue weighted by atomic mass is 9.98. The summed E-state index contributed by atoms with van der Waals surface area (Å²) in [6.45, 7) is 8.15. The molecule has 0 radical (unpaired) electrons. The highest BCUT2D eigenvalue weighted by atomic mass is 16.1. The number of rotatable bonds is 3. The predicted molar refractivity (Wildman–Crippen MR) is 73.8 cm³/mol. The quantitative estimate of drug-likeness (QED) is 0.857. The van der Waals surface area contributed by atoms with Gasteiger partial charge in [0, 0.05) is 11.6 Å². The lowest BCUT2D eigenvalue weighted by Crippen LogP contribution is -2.39. The Kier molecular flexibility index (Phi) is 4.02. The summed E-state index contributed by atoms with van der Waals surface area (Å²) in [5.74, 6) is 0.614. The number of hydrogen-bond acceptors (Lipinski definition) is 2. The Balaban J connectivity index is 2.07. The fourth-order valence-corrected chi connectivity index (χ4v) is 2.67. The average Bonchev–Trinajstić information content (AvgIpc) is 2.81. The maximum absolute atomic E-state index is 12.3. The SMILES string of the molecule is Cc1cccc(C)c1C(=O)NC(C)C1CCNC1. The number of nitrogens with one attached hydrogen (secondary N) is 2. The highest BCUT2D eigenvalue weighted by Gasteiger charge is 2.23. The fraction of sp³-hybridized carbons (Fsp3) is 0.533. The summed E-state index contributed by atoms with van der Waals surface area (Å²) in [4.78, 5) is 12.3. The van der Waals surface area contributed by atoms with E-state index < -0.39 is 0 Å². The smallest absolute Gasteiger partial charge is 0.252 e. The first-order valence-corrected chi connectivity index (χ1v) is 6.67. The van der Waals surface area contributed by atoms with Crippen LogP contribution in [-0.4, -0.2) is 25.0 Å². The number of carbonyl (C=O) groups excluding carboxylic acids is 1. The first kappa shape index (κ1) is 13.1. The molecule has 2 unspecified atom stereocenters. The maximum atomic E-state index is 12.3. The summed E-state index contributed by atoms with van der Waals surface area (Å²) in [6, 6.07) is 6.20. The molecule has 1 aliphatic rings. The minimum absolute atomic E-state index is 0.0602. The lowest BCUT2D eigenvalue weighted by molar-refractivity contribution is 0.0927. The molecule has 2 atom stereocenters. The van der Waals surface area contributed by atoms with Gasteiger partial charge in [-0.3, -0.25) is 4.79 Å². The Morgan fingerprint density at radius 1 is 1.39 bits per heavy atom. The Bertz CT molecular complexity index is 416. The van der Waals surface area contributed by atoms with E-state index in [0.29, 0.717) is 5.92 Å². The van der Waals surface area contributed by atoms with E-state index in [4.69, 9.17) is 0 Å². The van der Waals surface area contributed by atoms with Crippen molar-refractivity contribution < 1.29 is 4.79 Å². The molecule has 1 aromatic carbocycles. The normalized spacial score (nSPS) is 20.7. The van der Waals surface area contributed by atoms with Crippen LogP contribution < -0.4 is 10.6 Å². The number of aryl methyl sites for hydroxylation is 2. The van der Waals surface area contributed by atoms with Crippen molar-refractivity contribution in [1.29, 1.82) is 0 Å². The van der Waals surface area contributed by atoms with Crippen LogP contribution in [0.25, 0.3) is 0 Å². The van der Waals surface area contributed by atoms with E-state index in [1.165, 1.54) is 0 Å². The molecule has 98 valence electrons. The highest BCUT2D eigenvalue weighted by Crippen LogP contribution is 2.16. The van der Waals surface area contributed by atoms with E-state index in [-0.39, 0.29) is 11.9 Å². The number of benzene rings is 1. The van der Waals surface area contributed by atoms with E-state index in [1.54, 1.807) is 0 Å². The molecular formula is C15H22N2O. The van der Waals surface area contributed by atoms with Crippen molar-refractivity contribution >= 4 is 5.91 Å². The third-order valence-corrected chi connectivity index (χ3v) is 3.87. The lowest BCUT2D eigenvalue weighted by Gasteiger charge is -2.21. The fourth-order valence-electron chi connectivity index (χ4n) is 2.67. The third-order valence-electron chi connectivity index (χ3n) is 3.87. The van der Waals surface area contributed by atoms with Crippen LogP contribution in [0.4, 0.5) is 0 Å². The number of amides is 1. The average molecular weight is 246 g/mol. The second kappa shape index (κ2) is 5.53. The van der Waals surface area contributed by atoms with E-state index in [2.05, 4.69) is 17.6 Å². The van der Waals surface area contributed by atoms with Crippen LogP contribution in [-0.2, 0) is 0 Å². The number of hydrogen-bond donors (Lipinski definition) is 2. The van der Waals surface area contributed by atoms with Gasteiger partial charge in [-0.2, -0.15) is 0 Å². The summed E-state index contributed by atoms with van der Waals surface area (Å²) in [5.41, 5.74) is 2.92. The standard InChI is InChI=1S/C15H22N2O/c1-10-5-4-6-11(2)14(10)15(18)17-12(3)13-7-8-16-9-13/h4-6,12-13,16H,7-9H2,1-3H3,(H,17,18). The zero-order valence-corrected chi connectivity index (χ0v) is 11.4. The predicted octanol–water partition coefficient (Wildman–Crippen LogP) is 2.03. The molecule has 1 heterocycles. The van der Waals surface area contributed by atoms with Gasteiger partial charge in [0.1, 0.15) is 0 Å². The highest BCUT2D eigenvalue weighted by molar-refractivity contribution is 5.97. The van der Waals surface area contributed by atoms with Gasteiger partial charge in [-0.25, -0.2) is 0 Å². The van der Waals surface area contributed by atoms with Gasteiger partial charge in [0.25, 0.3) is 5.91 Å². The molecule has 2 N–H and O–H groups in total. The molecule has 0 aliphatic carbocycles. The Morgan fingerprint density at radius 2 is 2.06 bits per heavy atom. The largest absolute Gasteiger partial charge is 0.349 e. The summed E-state index contributed by atoms with van der Waals surface area (Å²) in [6.07, 6.45) is 1.15. The van der Waals surface area contributed by atoms with Crippen molar-refractivity contribution in [2.24, 2.45) is 5.92 Å². The van der Waals surface area contributed by atoms with Gasteiger partial charge >= 0.3 is 0 Å². The van der Waals surface area contributed by atoms with Gasteiger partial charge in [-0.05, 0) is 57.3 Å². The zero-order valence-electron chi connectivity index (χ0n) is 11.4. The van der Waals surface area contributed by atoms with Gasteiger partial charge in [0.15, 0.2) is 0 Å². The number of carbonyl (C=O) groups is 1. The molecule has 2 rings (SSSR count). The van der Waals surface area contributed by atoms with Gasteiger partial charge < -0.3 is 10.6 Å². The molecule has 0 bridgehead atoms. The van der Waals surface area contributed by atoms with Crippen molar-refractivity contribution in [1.82, 2.24) is 10.6 Å². The Labute approximate surface area is 109 Å². The molecule has 1 aromatic rings. The minimum atomic E-state index is 0.0602. The Morgan fingerprint density at radius 3 is 2.61 bits per heavy atom. The van der Waals surface area contributed by atoms with Crippen molar-refractivity contribution in [2.45, 2.75) is 33.2 Å². The van der Waals surface area contributed by atoms with Crippen LogP contribution in [0.3, 0.4) is 0 Å². The van der Waals surface area contributed by atoms with Crippen LogP contribution in [0, 0.1) is 19.8 Å². The molecule has 3 nitrogen and oxygen atoms in total. The Hall–Kier alpha value is -1.35. The van der Waals surface area contributed by atoms with Gasteiger partial charge in [-0.1, -0.05) is 18.2 Å². The first-order chi connectivity index (χ1) is 8.59. The van der Waals surface area contributed by atoms with Crippen molar-refractivity contribution in [2.75, 3.05) is 13.1 Å². The van der Waals surface area contributed by atoms with Crippen molar-refractivity contribution in [3.05, 3.63) is 34.9 Å². The molecule has 0 aromatic heterocycles. The molecule has 0 saturated carbocycles. The second-order valence-corrected chi connectivity index (χ2v) is 5.28. The summed E-state index contributed by atoms with van der Waals surface area (Å²) in [5, 5.41) is 6.48. The van der Waals surface area contributed by atoms with E-state index in [0.717, 1.165) is 36.2 Å². The molecule has 1 fully saturated rings. The molecule has 3 heteroatoms. The van der Waals surface area contributed by atoms with Crippen molar-refractivity contribution in [3.8, 4) is 0 Å². The summed E-state index contributed by atoms with van der Waals surface area (Å²) in [7, 11) is 0. The molecule has 18 heavy (non-hydrogen) atoms. The first-order valence-electron chi connectivity index (χ1n) is 6.67. The van der Waals surface area contributed by atoms with Crippen LogP contribution >= 0.6 is 0 Å². The topological polar surface area (TPSA) is 41.1 Å². The molecular weight excluding hydrogens is 224 g/mol. The maximum Gasteiger partial charge on any atom is 0.252 e. The summed E-state index contributed by atoms with van der Waals surface area (Å²) >= 11 is 0. The van der Waals surface area contributed by atoms with Gasteiger partial charge in [0.2, 0.25) is 0 Å². The third kappa shape index (κ3) is 2.72. The molecule has 1 amide bonds. The van der Waals surface area contributed by atoms with E-state index in [1.807, 2.05) is 32.0 Å². The van der Waals surface area contributed by atoms with Gasteiger partial charge in [0.05, 0.1) is 0 Å². The zero-order chi connectivity index (χ0) is 13.1. The van der Waals surface area contributed by atoms with Crippen LogP contribution in [0.15, 0.2) is 18.2 Å². The monoisotopic (exact) mass is 246 g/mol. The van der Waals surface area contributed by atoms with Crippen LogP contribution in [0.5, 0.6) is 0 Å². The second-order valence-electron chi connectivity index (χ2n) is 5.28. The molecule has 0 spiro atoms. The van der Waals surface area contributed by atoms with Crippen molar-refractivity contribution in [3.63, 3.8) is 0 Å². The van der Waals surface area contributed by atoms with Gasteiger partial charge in [-0.15, -0.1) is 0 Å². The summed E-state index contributed by atoms with van der Waals surface area (Å²) < 4.78 is 0. The van der Waals surface area contributed by atoms with Crippen LogP contribution in [0.1, 0.15) is 34.8 Å². The minimum Gasteiger partial charge on any atom is -0.349 e. The molecule has 1 saturated heterocycles. The molecule has 1 aliphatic heterocycles.